The predicted molar refractivity (Wildman–Crippen MR) is 107 cm³/mol. The van der Waals surface area contributed by atoms with Crippen LogP contribution < -0.4 is 4.90 Å². The second kappa shape index (κ2) is 7.62. The summed E-state index contributed by atoms with van der Waals surface area (Å²) in [4.78, 5) is 34.4. The molecule has 0 unspecified atom stereocenters. The molecule has 0 aliphatic carbocycles. The Morgan fingerprint density at radius 2 is 1.69 bits per heavy atom. The van der Waals surface area contributed by atoms with Crippen LogP contribution in [-0.4, -0.2) is 58.4 Å². The van der Waals surface area contributed by atoms with Gasteiger partial charge in [0.15, 0.2) is 11.5 Å². The summed E-state index contributed by atoms with van der Waals surface area (Å²) < 4.78 is 35.3. The van der Waals surface area contributed by atoms with Gasteiger partial charge in [-0.15, -0.1) is 0 Å². The summed E-state index contributed by atoms with van der Waals surface area (Å²) in [7, 11) is -3.56. The molecule has 0 spiro atoms. The highest BCUT2D eigenvalue weighted by Gasteiger charge is 2.29. The first-order valence-electron chi connectivity index (χ1n) is 8.84. The molecule has 1 amide bonds. The highest BCUT2D eigenvalue weighted by atomic mass is 32.2. The zero-order chi connectivity index (χ0) is 22.2. The molecule has 2 heterocycles. The lowest BCUT2D eigenvalue weighted by Gasteiger charge is -2.27. The number of hydrogen-bond acceptors (Lipinski definition) is 8. The van der Waals surface area contributed by atoms with Gasteiger partial charge in [0.25, 0.3) is 0 Å². The number of ether oxygens (including phenoxy) is 2. The number of nitrogens with zero attached hydrogens (tertiary/aromatic N) is 4. The first-order chi connectivity index (χ1) is 13.1. The minimum atomic E-state index is -3.56. The van der Waals surface area contributed by atoms with Crippen LogP contribution in [0.5, 0.6) is 0 Å². The number of rotatable bonds is 4. The van der Waals surface area contributed by atoms with E-state index < -0.39 is 39.8 Å². The summed E-state index contributed by atoms with van der Waals surface area (Å²) in [6.07, 6.45) is 2.75. The van der Waals surface area contributed by atoms with Crippen LogP contribution in [0.3, 0.4) is 0 Å². The van der Waals surface area contributed by atoms with Crippen molar-refractivity contribution in [3.8, 4) is 0 Å². The van der Waals surface area contributed by atoms with Crippen molar-refractivity contribution in [2.45, 2.75) is 52.7 Å². The maximum atomic E-state index is 12.7. The average Bonchev–Trinajstić information content (AvgIpc) is 2.92. The van der Waals surface area contributed by atoms with E-state index in [0.717, 1.165) is 15.1 Å². The van der Waals surface area contributed by atoms with Gasteiger partial charge in [-0.2, -0.15) is 0 Å². The molecular formula is C18H26N4O6S. The molecule has 0 N–H and O–H groups in total. The smallest absolute Gasteiger partial charge is 0.416 e. The van der Waals surface area contributed by atoms with E-state index in [0.29, 0.717) is 0 Å². The summed E-state index contributed by atoms with van der Waals surface area (Å²) in [6, 6.07) is 1.45. The molecule has 0 fully saturated rings. The van der Waals surface area contributed by atoms with E-state index in [1.165, 1.54) is 18.5 Å². The Hall–Kier alpha value is -2.69. The Morgan fingerprint density at radius 3 is 2.21 bits per heavy atom. The van der Waals surface area contributed by atoms with Gasteiger partial charge in [-0.05, 0) is 47.6 Å². The molecule has 0 aliphatic heterocycles. The van der Waals surface area contributed by atoms with Crippen molar-refractivity contribution >= 4 is 39.1 Å². The Morgan fingerprint density at radius 1 is 1.10 bits per heavy atom. The molecule has 0 aliphatic rings. The summed E-state index contributed by atoms with van der Waals surface area (Å²) in [5, 5.41) is 0. The number of carbonyl (C=O) groups is 2. The lowest BCUT2D eigenvalue weighted by Crippen LogP contribution is -2.42. The molecule has 29 heavy (non-hydrogen) atoms. The van der Waals surface area contributed by atoms with Gasteiger partial charge in [0, 0.05) is 6.20 Å². The first kappa shape index (κ1) is 22.6. The van der Waals surface area contributed by atoms with Gasteiger partial charge in [0.2, 0.25) is 10.0 Å². The van der Waals surface area contributed by atoms with Crippen molar-refractivity contribution in [1.29, 1.82) is 0 Å². The standard InChI is InChI=1S/C18H26N4O6S/c1-17(2,3)27-14(23)11-21(16(24)28-18(4,5)6)13-10-19-15-12(20-13)8-9-22(15)29(7,25)26/h8-10H,11H2,1-7H3. The number of fused-ring (bicyclic) bond motifs is 1. The topological polar surface area (TPSA) is 121 Å². The van der Waals surface area contributed by atoms with Crippen LogP contribution >= 0.6 is 0 Å². The number of aromatic nitrogens is 3. The van der Waals surface area contributed by atoms with Crippen molar-refractivity contribution in [2.75, 3.05) is 17.7 Å². The third-order valence-electron chi connectivity index (χ3n) is 3.30. The van der Waals surface area contributed by atoms with Crippen molar-refractivity contribution in [3.63, 3.8) is 0 Å². The van der Waals surface area contributed by atoms with E-state index in [4.69, 9.17) is 9.47 Å². The van der Waals surface area contributed by atoms with Crippen LogP contribution in [0.2, 0.25) is 0 Å². The minimum absolute atomic E-state index is 0.0314. The number of carbonyl (C=O) groups excluding carboxylic acids is 2. The third-order valence-corrected chi connectivity index (χ3v) is 4.31. The molecule has 160 valence electrons. The van der Waals surface area contributed by atoms with Gasteiger partial charge in [-0.3, -0.25) is 4.79 Å². The summed E-state index contributed by atoms with van der Waals surface area (Å²) in [6.45, 7) is 9.76. The van der Waals surface area contributed by atoms with Gasteiger partial charge in [0.05, 0.1) is 12.5 Å². The largest absolute Gasteiger partial charge is 0.459 e. The lowest BCUT2D eigenvalue weighted by atomic mass is 10.2. The fourth-order valence-electron chi connectivity index (χ4n) is 2.33. The molecule has 10 nitrogen and oxygen atoms in total. The molecule has 0 saturated heterocycles. The second-order valence-electron chi connectivity index (χ2n) is 8.46. The molecule has 2 aromatic rings. The molecule has 0 bridgehead atoms. The molecule has 0 atom stereocenters. The Labute approximate surface area is 169 Å². The predicted octanol–water partition coefficient (Wildman–Crippen LogP) is 2.32. The Kier molecular flexibility index (Phi) is 5.94. The number of anilines is 1. The van der Waals surface area contributed by atoms with Crippen LogP contribution in [0, 0.1) is 0 Å². The summed E-state index contributed by atoms with van der Waals surface area (Å²) >= 11 is 0. The van der Waals surface area contributed by atoms with Crippen molar-refractivity contribution in [2.24, 2.45) is 0 Å². The second-order valence-corrected chi connectivity index (χ2v) is 10.3. The minimum Gasteiger partial charge on any atom is -0.459 e. The van der Waals surface area contributed by atoms with E-state index in [1.807, 2.05) is 0 Å². The lowest BCUT2D eigenvalue weighted by molar-refractivity contribution is -0.153. The quantitative estimate of drug-likeness (QED) is 0.683. The van der Waals surface area contributed by atoms with Gasteiger partial charge in [-0.25, -0.2) is 32.1 Å². The maximum Gasteiger partial charge on any atom is 0.416 e. The van der Waals surface area contributed by atoms with Crippen molar-refractivity contribution in [3.05, 3.63) is 18.5 Å². The van der Waals surface area contributed by atoms with E-state index in [9.17, 15) is 18.0 Å². The third kappa shape index (κ3) is 6.14. The van der Waals surface area contributed by atoms with E-state index in [2.05, 4.69) is 9.97 Å². The molecule has 0 radical (unpaired) electrons. The van der Waals surface area contributed by atoms with E-state index >= 15 is 0 Å². The van der Waals surface area contributed by atoms with Crippen LogP contribution in [0.4, 0.5) is 10.6 Å². The van der Waals surface area contributed by atoms with Crippen molar-refractivity contribution in [1.82, 2.24) is 13.9 Å². The normalized spacial score (nSPS) is 12.7. The van der Waals surface area contributed by atoms with Crippen LogP contribution in [0.15, 0.2) is 18.5 Å². The zero-order valence-corrected chi connectivity index (χ0v) is 18.4. The van der Waals surface area contributed by atoms with E-state index in [-0.39, 0.29) is 17.0 Å². The molecule has 0 aromatic carbocycles. The molecular weight excluding hydrogens is 400 g/mol. The van der Waals surface area contributed by atoms with Gasteiger partial charge in [-0.1, -0.05) is 0 Å². The zero-order valence-electron chi connectivity index (χ0n) is 17.6. The van der Waals surface area contributed by atoms with Crippen LogP contribution in [0.1, 0.15) is 41.5 Å². The van der Waals surface area contributed by atoms with Gasteiger partial charge in [0.1, 0.15) is 23.3 Å². The van der Waals surface area contributed by atoms with Gasteiger partial charge < -0.3 is 9.47 Å². The molecule has 11 heteroatoms. The number of hydrogen-bond donors (Lipinski definition) is 0. The van der Waals surface area contributed by atoms with Crippen molar-refractivity contribution < 1.29 is 27.5 Å². The fourth-order valence-corrected chi connectivity index (χ4v) is 3.07. The Bertz CT molecular complexity index is 1030. The number of esters is 1. The molecule has 2 aromatic heterocycles. The SMILES string of the molecule is CC(C)(C)OC(=O)CN(C(=O)OC(C)(C)C)c1cnc2c(ccn2S(C)(=O)=O)n1. The highest BCUT2D eigenvalue weighted by molar-refractivity contribution is 7.89. The van der Waals surface area contributed by atoms with Gasteiger partial charge >= 0.3 is 12.1 Å². The van der Waals surface area contributed by atoms with E-state index in [1.54, 1.807) is 41.5 Å². The fraction of sp³-hybridized carbons (Fsp3) is 0.556. The first-order valence-corrected chi connectivity index (χ1v) is 10.7. The maximum absolute atomic E-state index is 12.7. The average molecular weight is 426 g/mol. The monoisotopic (exact) mass is 426 g/mol. The van der Waals surface area contributed by atoms with Crippen LogP contribution in [0.25, 0.3) is 11.2 Å². The molecule has 2 rings (SSSR count). The highest BCUT2D eigenvalue weighted by Crippen LogP contribution is 2.21. The number of amides is 1. The summed E-state index contributed by atoms with van der Waals surface area (Å²) in [5.41, 5.74) is -1.19. The van der Waals surface area contributed by atoms with Crippen LogP contribution in [-0.2, 0) is 24.3 Å². The Balaban J connectivity index is 2.44. The summed E-state index contributed by atoms with van der Waals surface area (Å²) in [5.74, 6) is -0.622. The molecule has 0 saturated carbocycles.